The molecule has 3 aromatic rings. The van der Waals surface area contributed by atoms with Gasteiger partial charge in [0.2, 0.25) is 10.0 Å². The van der Waals surface area contributed by atoms with Crippen molar-refractivity contribution in [3.05, 3.63) is 77.2 Å². The summed E-state index contributed by atoms with van der Waals surface area (Å²) in [6.45, 7) is 3.34. The highest BCUT2D eigenvalue weighted by atomic mass is 32.2. The van der Waals surface area contributed by atoms with Crippen LogP contribution in [0, 0.1) is 13.8 Å². The number of nitrogens with zero attached hydrogens (tertiary/aromatic N) is 1. The van der Waals surface area contributed by atoms with E-state index in [1.807, 2.05) is 54.6 Å². The lowest BCUT2D eigenvalue weighted by Crippen LogP contribution is -2.29. The molecule has 0 atom stereocenters. The summed E-state index contributed by atoms with van der Waals surface area (Å²) in [5.74, 6) is -0.114. The molecule has 0 bridgehead atoms. The monoisotopic (exact) mass is 398 g/mol. The van der Waals surface area contributed by atoms with Crippen LogP contribution in [0.5, 0.6) is 0 Å². The van der Waals surface area contributed by atoms with Crippen molar-refractivity contribution in [3.63, 3.8) is 0 Å². The molecule has 1 amide bonds. The van der Waals surface area contributed by atoms with Gasteiger partial charge < -0.3 is 9.32 Å². The SMILES string of the molecule is Cc1oc(C)c(S(N)(=O)=O)c1C(=O)N(C)Cc1ccccc1-c1ccccc1. The van der Waals surface area contributed by atoms with Gasteiger partial charge in [0.15, 0.2) is 0 Å². The van der Waals surface area contributed by atoms with Crippen LogP contribution in [0.1, 0.15) is 27.4 Å². The number of rotatable bonds is 5. The van der Waals surface area contributed by atoms with Crippen LogP contribution in [0.2, 0.25) is 0 Å². The summed E-state index contributed by atoms with van der Waals surface area (Å²) in [5, 5.41) is 5.30. The highest BCUT2D eigenvalue weighted by Gasteiger charge is 2.30. The first-order valence-electron chi connectivity index (χ1n) is 8.71. The van der Waals surface area contributed by atoms with E-state index in [9.17, 15) is 13.2 Å². The van der Waals surface area contributed by atoms with E-state index in [1.54, 1.807) is 14.0 Å². The topological polar surface area (TPSA) is 93.6 Å². The van der Waals surface area contributed by atoms with Gasteiger partial charge in [0, 0.05) is 13.6 Å². The second-order valence-corrected chi connectivity index (χ2v) is 8.15. The summed E-state index contributed by atoms with van der Waals surface area (Å²) < 4.78 is 29.3. The molecule has 0 radical (unpaired) electrons. The smallest absolute Gasteiger partial charge is 0.258 e. The van der Waals surface area contributed by atoms with Crippen LogP contribution >= 0.6 is 0 Å². The Morgan fingerprint density at radius 1 is 1.00 bits per heavy atom. The van der Waals surface area contributed by atoms with Crippen molar-refractivity contribution in [1.29, 1.82) is 0 Å². The van der Waals surface area contributed by atoms with E-state index >= 15 is 0 Å². The first-order chi connectivity index (χ1) is 13.2. The molecule has 1 heterocycles. The second-order valence-electron chi connectivity index (χ2n) is 6.65. The zero-order chi connectivity index (χ0) is 20.5. The summed E-state index contributed by atoms with van der Waals surface area (Å²) in [4.78, 5) is 14.3. The molecule has 7 heteroatoms. The van der Waals surface area contributed by atoms with E-state index in [1.165, 1.54) is 11.8 Å². The van der Waals surface area contributed by atoms with Gasteiger partial charge in [-0.15, -0.1) is 0 Å². The fourth-order valence-corrected chi connectivity index (χ4v) is 4.29. The first kappa shape index (κ1) is 19.9. The minimum absolute atomic E-state index is 0.0142. The maximum absolute atomic E-state index is 13.0. The number of sulfonamides is 1. The van der Waals surface area contributed by atoms with Gasteiger partial charge in [0.25, 0.3) is 5.91 Å². The number of hydrogen-bond donors (Lipinski definition) is 1. The summed E-state index contributed by atoms with van der Waals surface area (Å²) in [6, 6.07) is 17.6. The molecule has 0 saturated heterocycles. The van der Waals surface area contributed by atoms with Crippen molar-refractivity contribution in [2.75, 3.05) is 7.05 Å². The standard InChI is InChI=1S/C21H22N2O4S/c1-14-19(20(15(2)27-14)28(22,25)26)21(24)23(3)13-17-11-7-8-12-18(17)16-9-5-4-6-10-16/h4-12H,13H2,1-3H3,(H2,22,25,26). The van der Waals surface area contributed by atoms with E-state index in [2.05, 4.69) is 0 Å². The summed E-state index contributed by atoms with van der Waals surface area (Å²) in [5.41, 5.74) is 2.98. The zero-order valence-electron chi connectivity index (χ0n) is 16.0. The third kappa shape index (κ3) is 3.85. The maximum atomic E-state index is 13.0. The van der Waals surface area contributed by atoms with Crippen LogP contribution in [-0.2, 0) is 16.6 Å². The molecule has 6 nitrogen and oxygen atoms in total. The molecule has 0 aliphatic rings. The molecule has 2 aromatic carbocycles. The van der Waals surface area contributed by atoms with Crippen LogP contribution in [0.25, 0.3) is 11.1 Å². The van der Waals surface area contributed by atoms with Gasteiger partial charge in [-0.05, 0) is 30.5 Å². The van der Waals surface area contributed by atoms with E-state index in [-0.39, 0.29) is 22.0 Å². The number of amides is 1. The summed E-state index contributed by atoms with van der Waals surface area (Å²) in [7, 11) is -2.46. The van der Waals surface area contributed by atoms with Crippen molar-refractivity contribution in [1.82, 2.24) is 4.90 Å². The average molecular weight is 398 g/mol. The second kappa shape index (κ2) is 7.61. The molecule has 2 N–H and O–H groups in total. The highest BCUT2D eigenvalue weighted by molar-refractivity contribution is 7.89. The minimum Gasteiger partial charge on any atom is -0.464 e. The van der Waals surface area contributed by atoms with Crippen molar-refractivity contribution >= 4 is 15.9 Å². The van der Waals surface area contributed by atoms with Gasteiger partial charge in [-0.25, -0.2) is 13.6 Å². The lowest BCUT2D eigenvalue weighted by Gasteiger charge is -2.20. The molecule has 1 aromatic heterocycles. The molecule has 3 rings (SSSR count). The lowest BCUT2D eigenvalue weighted by molar-refractivity contribution is 0.0780. The van der Waals surface area contributed by atoms with Crippen LogP contribution in [0.4, 0.5) is 0 Å². The fraction of sp³-hybridized carbons (Fsp3) is 0.190. The Bertz CT molecular complexity index is 1120. The van der Waals surface area contributed by atoms with Crippen molar-refractivity contribution in [2.45, 2.75) is 25.3 Å². The number of benzene rings is 2. The molecule has 0 fully saturated rings. The number of furan rings is 1. The van der Waals surface area contributed by atoms with Gasteiger partial charge in [0.1, 0.15) is 22.0 Å². The molecule has 0 aliphatic heterocycles. The molecule has 28 heavy (non-hydrogen) atoms. The van der Waals surface area contributed by atoms with Crippen LogP contribution in [-0.4, -0.2) is 26.3 Å². The largest absolute Gasteiger partial charge is 0.464 e. The third-order valence-corrected chi connectivity index (χ3v) is 5.62. The number of carbonyl (C=O) groups excluding carboxylic acids is 1. The van der Waals surface area contributed by atoms with Gasteiger partial charge in [0.05, 0.1) is 0 Å². The number of primary sulfonamides is 1. The molecular formula is C21H22N2O4S. The van der Waals surface area contributed by atoms with Crippen molar-refractivity contribution in [3.8, 4) is 11.1 Å². The van der Waals surface area contributed by atoms with Crippen LogP contribution < -0.4 is 5.14 Å². The highest BCUT2D eigenvalue weighted by Crippen LogP contribution is 2.28. The van der Waals surface area contributed by atoms with Crippen LogP contribution in [0.15, 0.2) is 63.9 Å². The molecule has 0 aliphatic carbocycles. The maximum Gasteiger partial charge on any atom is 0.258 e. The van der Waals surface area contributed by atoms with E-state index < -0.39 is 15.9 Å². The predicted octanol–water partition coefficient (Wildman–Crippen LogP) is 3.48. The minimum atomic E-state index is -4.09. The Morgan fingerprint density at radius 3 is 2.25 bits per heavy atom. The van der Waals surface area contributed by atoms with Crippen molar-refractivity contribution < 1.29 is 17.6 Å². The van der Waals surface area contributed by atoms with Gasteiger partial charge in [-0.3, -0.25) is 4.79 Å². The summed E-state index contributed by atoms with van der Waals surface area (Å²) in [6.07, 6.45) is 0. The molecule has 0 unspecified atom stereocenters. The third-order valence-electron chi connectivity index (χ3n) is 4.56. The first-order valence-corrected chi connectivity index (χ1v) is 10.3. The fourth-order valence-electron chi connectivity index (χ4n) is 3.33. The van der Waals surface area contributed by atoms with Gasteiger partial charge in [-0.1, -0.05) is 54.6 Å². The Labute approximate surface area is 164 Å². The van der Waals surface area contributed by atoms with E-state index in [4.69, 9.17) is 9.56 Å². The Morgan fingerprint density at radius 2 is 1.61 bits per heavy atom. The number of hydrogen-bond acceptors (Lipinski definition) is 4. The Hall–Kier alpha value is -2.90. The molecule has 146 valence electrons. The van der Waals surface area contributed by atoms with Crippen molar-refractivity contribution in [2.24, 2.45) is 5.14 Å². The number of carbonyl (C=O) groups is 1. The molecule has 0 spiro atoms. The van der Waals surface area contributed by atoms with E-state index in [0.29, 0.717) is 6.54 Å². The number of aryl methyl sites for hydroxylation is 2. The van der Waals surface area contributed by atoms with Gasteiger partial charge in [-0.2, -0.15) is 0 Å². The predicted molar refractivity (Wildman–Crippen MR) is 107 cm³/mol. The molecular weight excluding hydrogens is 376 g/mol. The normalized spacial score (nSPS) is 11.4. The average Bonchev–Trinajstić information content (AvgIpc) is 2.96. The lowest BCUT2D eigenvalue weighted by atomic mass is 9.99. The zero-order valence-corrected chi connectivity index (χ0v) is 16.8. The van der Waals surface area contributed by atoms with E-state index in [0.717, 1.165) is 16.7 Å². The van der Waals surface area contributed by atoms with Crippen LogP contribution in [0.3, 0.4) is 0 Å². The Balaban J connectivity index is 1.96. The van der Waals surface area contributed by atoms with Gasteiger partial charge >= 0.3 is 0 Å². The number of nitrogens with two attached hydrogens (primary N) is 1. The quantitative estimate of drug-likeness (QED) is 0.712. The Kier molecular flexibility index (Phi) is 5.40. The summed E-state index contributed by atoms with van der Waals surface area (Å²) >= 11 is 0. The molecule has 0 saturated carbocycles.